The Labute approximate surface area is 133 Å². The molecular weight excluding hydrogens is 315 g/mol. The van der Waals surface area contributed by atoms with Gasteiger partial charge in [-0.05, 0) is 52.4 Å². The van der Waals surface area contributed by atoms with Gasteiger partial charge in [0.05, 0.1) is 5.41 Å². The highest BCUT2D eigenvalue weighted by Gasteiger charge is 2.51. The Hall–Kier alpha value is -1.47. The first-order valence-corrected chi connectivity index (χ1v) is 7.63. The van der Waals surface area contributed by atoms with Gasteiger partial charge in [0, 0.05) is 13.0 Å². The van der Waals surface area contributed by atoms with Crippen LogP contribution in [0.4, 0.5) is 18.0 Å². The van der Waals surface area contributed by atoms with Crippen LogP contribution in [0.2, 0.25) is 0 Å². The maximum absolute atomic E-state index is 12.3. The molecule has 1 aliphatic rings. The van der Waals surface area contributed by atoms with Gasteiger partial charge in [0.2, 0.25) is 0 Å². The molecule has 0 spiro atoms. The summed E-state index contributed by atoms with van der Waals surface area (Å²) in [6.07, 6.45) is -5.21. The second-order valence-corrected chi connectivity index (χ2v) is 7.06. The van der Waals surface area contributed by atoms with Gasteiger partial charge < -0.3 is 15.2 Å². The molecule has 0 bridgehead atoms. The van der Waals surface area contributed by atoms with E-state index >= 15 is 0 Å². The fraction of sp³-hybridized carbons (Fsp3) is 0.867. The Morgan fingerprint density at radius 2 is 1.74 bits per heavy atom. The van der Waals surface area contributed by atoms with Crippen LogP contribution in [-0.2, 0) is 9.53 Å². The molecule has 1 fully saturated rings. The summed E-state index contributed by atoms with van der Waals surface area (Å²) >= 11 is 0. The van der Waals surface area contributed by atoms with Crippen LogP contribution in [0.1, 0.15) is 52.9 Å². The molecule has 0 heterocycles. The number of hydrogen-bond donors (Lipinski definition) is 2. The van der Waals surface area contributed by atoms with Crippen molar-refractivity contribution in [2.75, 3.05) is 6.54 Å². The maximum atomic E-state index is 12.3. The number of carboxylic acid groups (broad SMARTS) is 1. The van der Waals surface area contributed by atoms with E-state index in [1.54, 1.807) is 20.8 Å². The summed E-state index contributed by atoms with van der Waals surface area (Å²) in [5.74, 6) is -1.37. The van der Waals surface area contributed by atoms with Crippen LogP contribution in [0.5, 0.6) is 0 Å². The number of nitrogens with one attached hydrogen (secondary N) is 1. The first-order valence-electron chi connectivity index (χ1n) is 7.63. The number of carbonyl (C=O) groups excluding carboxylic acids is 1. The molecule has 0 aliphatic heterocycles. The molecule has 0 aromatic rings. The zero-order valence-corrected chi connectivity index (χ0v) is 13.6. The van der Waals surface area contributed by atoms with E-state index < -0.39 is 35.7 Å². The van der Waals surface area contributed by atoms with Crippen molar-refractivity contribution >= 4 is 12.1 Å². The first-order chi connectivity index (χ1) is 10.4. The van der Waals surface area contributed by atoms with Gasteiger partial charge in [0.1, 0.15) is 5.60 Å². The van der Waals surface area contributed by atoms with Crippen LogP contribution >= 0.6 is 0 Å². The molecule has 0 saturated heterocycles. The molecule has 134 valence electrons. The number of alkyl carbamates (subject to hydrolysis) is 1. The molecule has 1 rings (SSSR count). The van der Waals surface area contributed by atoms with Crippen molar-refractivity contribution in [3.05, 3.63) is 0 Å². The maximum Gasteiger partial charge on any atom is 0.407 e. The van der Waals surface area contributed by atoms with Crippen LogP contribution in [0.25, 0.3) is 0 Å². The normalized spacial score (nSPS) is 18.2. The van der Waals surface area contributed by atoms with Crippen molar-refractivity contribution in [3.63, 3.8) is 0 Å². The summed E-state index contributed by atoms with van der Waals surface area (Å²) in [7, 11) is 0. The van der Waals surface area contributed by atoms with Gasteiger partial charge in [0.15, 0.2) is 0 Å². The zero-order valence-electron chi connectivity index (χ0n) is 13.6. The zero-order chi connectivity index (χ0) is 17.9. The summed E-state index contributed by atoms with van der Waals surface area (Å²) in [6.45, 7) is 4.78. The molecular formula is C15H24F3NO4. The van der Waals surface area contributed by atoms with Crippen molar-refractivity contribution in [2.24, 2.45) is 11.3 Å². The second-order valence-electron chi connectivity index (χ2n) is 7.06. The first kappa shape index (κ1) is 19.6. The summed E-state index contributed by atoms with van der Waals surface area (Å²) < 4.78 is 42.0. The quantitative estimate of drug-likeness (QED) is 0.741. The third-order valence-corrected chi connectivity index (χ3v) is 3.81. The summed E-state index contributed by atoms with van der Waals surface area (Å²) in [4.78, 5) is 23.4. The van der Waals surface area contributed by atoms with Crippen molar-refractivity contribution in [2.45, 2.75) is 64.7 Å². The highest BCUT2D eigenvalue weighted by Crippen LogP contribution is 2.49. The van der Waals surface area contributed by atoms with E-state index in [1.807, 2.05) is 0 Å². The van der Waals surface area contributed by atoms with Gasteiger partial charge in [-0.1, -0.05) is 0 Å². The molecule has 1 unspecified atom stereocenters. The number of aliphatic carboxylic acids is 1. The largest absolute Gasteiger partial charge is 0.481 e. The van der Waals surface area contributed by atoms with Gasteiger partial charge in [-0.2, -0.15) is 13.2 Å². The van der Waals surface area contributed by atoms with E-state index in [9.17, 15) is 27.9 Å². The predicted molar refractivity (Wildman–Crippen MR) is 76.9 cm³/mol. The monoisotopic (exact) mass is 339 g/mol. The highest BCUT2D eigenvalue weighted by molar-refractivity contribution is 5.77. The number of ether oxygens (including phenoxy) is 1. The van der Waals surface area contributed by atoms with Gasteiger partial charge >= 0.3 is 18.2 Å². The molecule has 1 atom stereocenters. The van der Waals surface area contributed by atoms with Crippen LogP contribution in [0.15, 0.2) is 0 Å². The van der Waals surface area contributed by atoms with E-state index in [4.69, 9.17) is 4.74 Å². The van der Waals surface area contributed by atoms with Gasteiger partial charge in [-0.3, -0.25) is 4.79 Å². The fourth-order valence-electron chi connectivity index (χ4n) is 2.58. The molecule has 1 amide bonds. The van der Waals surface area contributed by atoms with Crippen LogP contribution in [0, 0.1) is 11.3 Å². The van der Waals surface area contributed by atoms with Crippen LogP contribution in [-0.4, -0.2) is 35.5 Å². The van der Waals surface area contributed by atoms with E-state index in [1.165, 1.54) is 0 Å². The third-order valence-electron chi connectivity index (χ3n) is 3.81. The summed E-state index contributed by atoms with van der Waals surface area (Å²) in [5, 5.41) is 11.9. The number of carboxylic acids is 1. The minimum Gasteiger partial charge on any atom is -0.481 e. The summed E-state index contributed by atoms with van der Waals surface area (Å²) in [5.41, 5.74) is -2.09. The fourth-order valence-corrected chi connectivity index (χ4v) is 2.58. The van der Waals surface area contributed by atoms with E-state index in [0.717, 1.165) is 0 Å². The van der Waals surface area contributed by atoms with Crippen molar-refractivity contribution in [1.29, 1.82) is 0 Å². The van der Waals surface area contributed by atoms with Crippen molar-refractivity contribution < 1.29 is 32.6 Å². The number of carbonyl (C=O) groups is 2. The van der Waals surface area contributed by atoms with Gasteiger partial charge in [-0.15, -0.1) is 0 Å². The van der Waals surface area contributed by atoms with Crippen LogP contribution in [0.3, 0.4) is 0 Å². The molecule has 1 aliphatic carbocycles. The van der Waals surface area contributed by atoms with E-state index in [2.05, 4.69) is 5.32 Å². The van der Waals surface area contributed by atoms with Crippen molar-refractivity contribution in [3.8, 4) is 0 Å². The SMILES string of the molecule is CC(C)(C)OC(=O)NCC(CCCC(F)(F)F)(C(=O)O)C1CC1. The molecule has 2 N–H and O–H groups in total. The Morgan fingerprint density at radius 3 is 2.13 bits per heavy atom. The lowest BCUT2D eigenvalue weighted by molar-refractivity contribution is -0.154. The Kier molecular flexibility index (Phi) is 5.93. The standard InChI is InChI=1S/C15H24F3NO4/c1-13(2,3)23-12(22)19-9-14(11(20)21,10-5-6-10)7-4-8-15(16,17)18/h10H,4-9H2,1-3H3,(H,19,22)(H,20,21). The smallest absolute Gasteiger partial charge is 0.407 e. The Balaban J connectivity index is 2.69. The second kappa shape index (κ2) is 6.97. The third kappa shape index (κ3) is 6.66. The molecule has 5 nitrogen and oxygen atoms in total. The number of amides is 1. The average molecular weight is 339 g/mol. The lowest BCUT2D eigenvalue weighted by atomic mass is 9.77. The van der Waals surface area contributed by atoms with Gasteiger partial charge in [0.25, 0.3) is 0 Å². The van der Waals surface area contributed by atoms with Crippen molar-refractivity contribution in [1.82, 2.24) is 5.32 Å². The van der Waals surface area contributed by atoms with Gasteiger partial charge in [-0.25, -0.2) is 4.79 Å². The van der Waals surface area contributed by atoms with E-state index in [-0.39, 0.29) is 25.3 Å². The van der Waals surface area contributed by atoms with E-state index in [0.29, 0.717) is 12.8 Å². The Bertz CT molecular complexity index is 441. The topological polar surface area (TPSA) is 75.6 Å². The molecule has 0 aromatic heterocycles. The Morgan fingerprint density at radius 1 is 1.17 bits per heavy atom. The predicted octanol–water partition coefficient (Wildman–Crippen LogP) is 3.72. The van der Waals surface area contributed by atoms with Crippen LogP contribution < -0.4 is 5.32 Å². The number of hydrogen-bond acceptors (Lipinski definition) is 3. The minimum absolute atomic E-state index is 0.123. The molecule has 8 heteroatoms. The number of rotatable bonds is 7. The average Bonchev–Trinajstić information content (AvgIpc) is 3.13. The molecule has 23 heavy (non-hydrogen) atoms. The molecule has 1 saturated carbocycles. The molecule has 0 radical (unpaired) electrons. The summed E-state index contributed by atoms with van der Waals surface area (Å²) in [6, 6.07) is 0. The highest BCUT2D eigenvalue weighted by atomic mass is 19.4. The number of halogens is 3. The lowest BCUT2D eigenvalue weighted by Crippen LogP contribution is -2.46. The molecule has 0 aromatic carbocycles. The minimum atomic E-state index is -4.31. The number of alkyl halides is 3. The lowest BCUT2D eigenvalue weighted by Gasteiger charge is -2.30.